The predicted octanol–water partition coefficient (Wildman–Crippen LogP) is 2.57. The molecule has 0 unspecified atom stereocenters. The Labute approximate surface area is 78.5 Å². The number of carbonyl (C=O) groups excluding carboxylic acids is 1. The Hall–Kier alpha value is -0.670. The topological polar surface area (TPSA) is 29.4 Å². The van der Waals surface area contributed by atoms with Crippen LogP contribution in [0.2, 0.25) is 0 Å². The van der Waals surface area contributed by atoms with Crippen LogP contribution < -0.4 is 0 Å². The Morgan fingerprint density at radius 3 is 2.82 bits per heavy atom. The molecule has 3 heteroatoms. The molecule has 0 bridgehead atoms. The summed E-state index contributed by atoms with van der Waals surface area (Å²) in [6.07, 6.45) is 1.50. The lowest BCUT2D eigenvalue weighted by Crippen LogP contribution is -1.76. The van der Waals surface area contributed by atoms with Crippen LogP contribution in [-0.2, 0) is 4.79 Å². The molecule has 1 aromatic carbocycles. The summed E-state index contributed by atoms with van der Waals surface area (Å²) in [7, 11) is 0. The van der Waals surface area contributed by atoms with Crippen LogP contribution in [0.25, 0.3) is 0 Å². The van der Waals surface area contributed by atoms with Gasteiger partial charge in [0, 0.05) is 3.57 Å². The first-order chi connectivity index (χ1) is 5.24. The molecule has 56 valence electrons. The van der Waals surface area contributed by atoms with Gasteiger partial charge in [-0.25, -0.2) is 4.79 Å². The number of hydrogen-bond donors (Lipinski definition) is 0. The van der Waals surface area contributed by atoms with E-state index in [0.717, 1.165) is 3.57 Å². The van der Waals surface area contributed by atoms with Gasteiger partial charge in [-0.05, 0) is 47.2 Å². The minimum atomic E-state index is 0.662. The number of aryl methyl sites for hydroxylation is 1. The van der Waals surface area contributed by atoms with Crippen molar-refractivity contribution in [1.82, 2.24) is 0 Å². The summed E-state index contributed by atoms with van der Waals surface area (Å²) in [5.74, 6) is 0. The predicted molar refractivity (Wildman–Crippen MR) is 51.7 cm³/mol. The van der Waals surface area contributed by atoms with Crippen LogP contribution in [0, 0.1) is 10.5 Å². The Morgan fingerprint density at radius 1 is 1.55 bits per heavy atom. The zero-order valence-electron chi connectivity index (χ0n) is 5.97. The Morgan fingerprint density at radius 2 is 2.27 bits per heavy atom. The maximum atomic E-state index is 9.88. The summed E-state index contributed by atoms with van der Waals surface area (Å²) in [5.41, 5.74) is 1.85. The highest BCUT2D eigenvalue weighted by atomic mass is 127. The Kier molecular flexibility index (Phi) is 2.79. The molecular formula is C8H6INO. The third-order valence-corrected chi connectivity index (χ3v) is 2.49. The van der Waals surface area contributed by atoms with Crippen molar-refractivity contribution in [3.63, 3.8) is 0 Å². The van der Waals surface area contributed by atoms with Crippen molar-refractivity contribution >= 4 is 34.4 Å². The van der Waals surface area contributed by atoms with E-state index in [-0.39, 0.29) is 0 Å². The summed E-state index contributed by atoms with van der Waals surface area (Å²) < 4.78 is 1.11. The van der Waals surface area contributed by atoms with E-state index in [4.69, 9.17) is 0 Å². The lowest BCUT2D eigenvalue weighted by molar-refractivity contribution is 0.565. The molecule has 0 fully saturated rings. The molecule has 0 saturated heterocycles. The zero-order chi connectivity index (χ0) is 8.27. The van der Waals surface area contributed by atoms with Crippen LogP contribution in [0.15, 0.2) is 23.2 Å². The number of aliphatic imine (C=N–C) groups is 1. The average molecular weight is 259 g/mol. The monoisotopic (exact) mass is 259 g/mol. The molecule has 0 aliphatic rings. The van der Waals surface area contributed by atoms with Crippen molar-refractivity contribution in [1.29, 1.82) is 0 Å². The molecule has 0 atom stereocenters. The van der Waals surface area contributed by atoms with Crippen molar-refractivity contribution in [2.24, 2.45) is 4.99 Å². The lowest BCUT2D eigenvalue weighted by Gasteiger charge is -1.96. The molecule has 1 aromatic rings. The second kappa shape index (κ2) is 3.64. The molecule has 0 N–H and O–H groups in total. The molecule has 0 saturated carbocycles. The van der Waals surface area contributed by atoms with Crippen molar-refractivity contribution < 1.29 is 4.79 Å². The van der Waals surface area contributed by atoms with E-state index in [1.165, 1.54) is 11.6 Å². The summed E-state index contributed by atoms with van der Waals surface area (Å²) in [6.45, 7) is 2.01. The van der Waals surface area contributed by atoms with E-state index in [2.05, 4.69) is 27.6 Å². The SMILES string of the molecule is Cc1ccc(N=C=O)cc1I. The van der Waals surface area contributed by atoms with Crippen LogP contribution in [0.3, 0.4) is 0 Å². The Balaban J connectivity index is 3.14. The van der Waals surface area contributed by atoms with Gasteiger partial charge in [-0.3, -0.25) is 0 Å². The molecule has 0 aliphatic carbocycles. The third-order valence-electron chi connectivity index (χ3n) is 1.33. The van der Waals surface area contributed by atoms with Gasteiger partial charge in [0.25, 0.3) is 0 Å². The Bertz CT molecular complexity index is 316. The highest BCUT2D eigenvalue weighted by molar-refractivity contribution is 14.1. The second-order valence-electron chi connectivity index (χ2n) is 2.14. The largest absolute Gasteiger partial charge is 0.240 e. The third kappa shape index (κ3) is 2.13. The van der Waals surface area contributed by atoms with Crippen LogP contribution in [0.4, 0.5) is 5.69 Å². The molecule has 0 aromatic heterocycles. The number of isocyanates is 1. The van der Waals surface area contributed by atoms with Crippen LogP contribution >= 0.6 is 22.6 Å². The number of benzene rings is 1. The standard InChI is InChI=1S/C8H6INO/c1-6-2-3-7(10-5-11)4-8(6)9/h2-4H,1H3. The molecule has 0 aliphatic heterocycles. The first-order valence-electron chi connectivity index (χ1n) is 3.08. The van der Waals surface area contributed by atoms with E-state index in [0.29, 0.717) is 5.69 Å². The number of rotatable bonds is 1. The van der Waals surface area contributed by atoms with Gasteiger partial charge in [0.15, 0.2) is 0 Å². The number of nitrogens with zero attached hydrogens (tertiary/aromatic N) is 1. The lowest BCUT2D eigenvalue weighted by atomic mass is 10.2. The molecule has 0 heterocycles. The number of hydrogen-bond acceptors (Lipinski definition) is 2. The summed E-state index contributed by atoms with van der Waals surface area (Å²) in [4.78, 5) is 13.4. The van der Waals surface area contributed by atoms with E-state index in [9.17, 15) is 4.79 Å². The average Bonchev–Trinajstić information content (AvgIpc) is 1.98. The summed E-state index contributed by atoms with van der Waals surface area (Å²) >= 11 is 2.20. The number of halogens is 1. The van der Waals surface area contributed by atoms with Crippen molar-refractivity contribution in [2.75, 3.05) is 0 Å². The molecular weight excluding hydrogens is 253 g/mol. The summed E-state index contributed by atoms with van der Waals surface area (Å²) in [5, 5.41) is 0. The van der Waals surface area contributed by atoms with Gasteiger partial charge in [0.05, 0.1) is 5.69 Å². The fourth-order valence-corrected chi connectivity index (χ4v) is 1.20. The minimum absolute atomic E-state index is 0.662. The minimum Gasteiger partial charge on any atom is -0.211 e. The quantitative estimate of drug-likeness (QED) is 0.433. The maximum Gasteiger partial charge on any atom is 0.240 e. The van der Waals surface area contributed by atoms with Crippen LogP contribution in [-0.4, -0.2) is 6.08 Å². The molecule has 0 amide bonds. The first kappa shape index (κ1) is 8.43. The van der Waals surface area contributed by atoms with Gasteiger partial charge in [0.1, 0.15) is 0 Å². The summed E-state index contributed by atoms with van der Waals surface area (Å²) in [6, 6.07) is 5.57. The van der Waals surface area contributed by atoms with Gasteiger partial charge >= 0.3 is 0 Å². The molecule has 0 spiro atoms. The van der Waals surface area contributed by atoms with Crippen molar-refractivity contribution in [2.45, 2.75) is 6.92 Å². The van der Waals surface area contributed by atoms with Gasteiger partial charge in [-0.15, -0.1) is 0 Å². The maximum absolute atomic E-state index is 9.88. The molecule has 0 radical (unpaired) electrons. The normalized spacial score (nSPS) is 8.91. The van der Waals surface area contributed by atoms with Gasteiger partial charge in [-0.1, -0.05) is 6.07 Å². The molecule has 2 nitrogen and oxygen atoms in total. The van der Waals surface area contributed by atoms with Gasteiger partial charge in [0.2, 0.25) is 6.08 Å². The highest BCUT2D eigenvalue weighted by Crippen LogP contribution is 2.18. The van der Waals surface area contributed by atoms with E-state index in [1.54, 1.807) is 6.07 Å². The van der Waals surface area contributed by atoms with E-state index >= 15 is 0 Å². The van der Waals surface area contributed by atoms with Crippen molar-refractivity contribution in [3.05, 3.63) is 27.3 Å². The van der Waals surface area contributed by atoms with Gasteiger partial charge < -0.3 is 0 Å². The van der Waals surface area contributed by atoms with E-state index in [1.807, 2.05) is 19.1 Å². The van der Waals surface area contributed by atoms with Crippen LogP contribution in [0.1, 0.15) is 5.56 Å². The highest BCUT2D eigenvalue weighted by Gasteiger charge is 1.94. The second-order valence-corrected chi connectivity index (χ2v) is 3.30. The van der Waals surface area contributed by atoms with Gasteiger partial charge in [-0.2, -0.15) is 4.99 Å². The fourth-order valence-electron chi connectivity index (χ4n) is 0.704. The van der Waals surface area contributed by atoms with Crippen LogP contribution in [0.5, 0.6) is 0 Å². The zero-order valence-corrected chi connectivity index (χ0v) is 8.12. The fraction of sp³-hybridized carbons (Fsp3) is 0.125. The molecule has 11 heavy (non-hydrogen) atoms. The van der Waals surface area contributed by atoms with E-state index < -0.39 is 0 Å². The first-order valence-corrected chi connectivity index (χ1v) is 4.16. The smallest absolute Gasteiger partial charge is 0.211 e. The molecule has 1 rings (SSSR count). The van der Waals surface area contributed by atoms with Crippen molar-refractivity contribution in [3.8, 4) is 0 Å².